The van der Waals surface area contributed by atoms with Crippen LogP contribution in [-0.4, -0.2) is 61.4 Å². The van der Waals surface area contributed by atoms with Gasteiger partial charge in [-0.25, -0.2) is 0 Å². The molecule has 0 radical (unpaired) electrons. The van der Waals surface area contributed by atoms with Crippen molar-refractivity contribution in [3.8, 4) is 0 Å². The van der Waals surface area contributed by atoms with Gasteiger partial charge in [0.15, 0.2) is 0 Å². The Morgan fingerprint density at radius 1 is 1.13 bits per heavy atom. The second kappa shape index (κ2) is 10.9. The van der Waals surface area contributed by atoms with Crippen LogP contribution in [0.2, 0.25) is 0 Å². The highest BCUT2D eigenvalue weighted by molar-refractivity contribution is 5.85. The molecule has 23 heavy (non-hydrogen) atoms. The molecule has 0 atom stereocenters. The van der Waals surface area contributed by atoms with E-state index in [1.807, 2.05) is 11.9 Å². The SMILES string of the molecule is CNCCC1CCN(C(=O)CN2CCCCCCC2=O)CC1.Cl. The lowest BCUT2D eigenvalue weighted by Crippen LogP contribution is -2.46. The van der Waals surface area contributed by atoms with Crippen LogP contribution in [0.4, 0.5) is 0 Å². The lowest BCUT2D eigenvalue weighted by molar-refractivity contribution is -0.141. The van der Waals surface area contributed by atoms with Crippen molar-refractivity contribution in [3.63, 3.8) is 0 Å². The smallest absolute Gasteiger partial charge is 0.242 e. The molecule has 2 aliphatic heterocycles. The van der Waals surface area contributed by atoms with E-state index in [-0.39, 0.29) is 24.2 Å². The lowest BCUT2D eigenvalue weighted by Gasteiger charge is -2.34. The van der Waals surface area contributed by atoms with Crippen LogP contribution in [0.5, 0.6) is 0 Å². The predicted octanol–water partition coefficient (Wildman–Crippen LogP) is 2.05. The van der Waals surface area contributed by atoms with Gasteiger partial charge in [-0.05, 0) is 51.6 Å². The molecule has 6 heteroatoms. The van der Waals surface area contributed by atoms with Crippen LogP contribution >= 0.6 is 12.4 Å². The molecule has 0 spiro atoms. The quantitative estimate of drug-likeness (QED) is 0.829. The largest absolute Gasteiger partial charge is 0.341 e. The molecule has 0 unspecified atom stereocenters. The van der Waals surface area contributed by atoms with Crippen molar-refractivity contribution < 1.29 is 9.59 Å². The molecule has 2 aliphatic rings. The van der Waals surface area contributed by atoms with Gasteiger partial charge in [-0.2, -0.15) is 0 Å². The van der Waals surface area contributed by atoms with Crippen molar-refractivity contribution in [2.75, 3.05) is 39.8 Å². The monoisotopic (exact) mass is 345 g/mol. The first-order chi connectivity index (χ1) is 10.7. The van der Waals surface area contributed by atoms with Gasteiger partial charge in [0.05, 0.1) is 6.54 Å². The zero-order valence-electron chi connectivity index (χ0n) is 14.4. The molecule has 2 amide bonds. The zero-order valence-corrected chi connectivity index (χ0v) is 15.2. The van der Waals surface area contributed by atoms with Crippen molar-refractivity contribution >= 4 is 24.2 Å². The van der Waals surface area contributed by atoms with Crippen LogP contribution in [0.15, 0.2) is 0 Å². The van der Waals surface area contributed by atoms with E-state index >= 15 is 0 Å². The van der Waals surface area contributed by atoms with Gasteiger partial charge in [-0.3, -0.25) is 9.59 Å². The third kappa shape index (κ3) is 6.68. The number of halogens is 1. The van der Waals surface area contributed by atoms with Crippen molar-refractivity contribution in [1.29, 1.82) is 0 Å². The first-order valence-corrected chi connectivity index (χ1v) is 8.91. The molecule has 2 saturated heterocycles. The van der Waals surface area contributed by atoms with Gasteiger partial charge in [0.25, 0.3) is 0 Å². The minimum absolute atomic E-state index is 0. The van der Waals surface area contributed by atoms with E-state index in [2.05, 4.69) is 5.32 Å². The molecule has 0 aliphatic carbocycles. The maximum Gasteiger partial charge on any atom is 0.242 e. The van der Waals surface area contributed by atoms with Crippen molar-refractivity contribution in [2.45, 2.75) is 51.4 Å². The Labute approximate surface area is 146 Å². The molecule has 0 aromatic rings. The summed E-state index contributed by atoms with van der Waals surface area (Å²) in [6, 6.07) is 0. The molecule has 5 nitrogen and oxygen atoms in total. The Hall–Kier alpha value is -0.810. The minimum atomic E-state index is 0. The molecule has 2 rings (SSSR count). The molecule has 0 aromatic heterocycles. The van der Waals surface area contributed by atoms with E-state index in [1.54, 1.807) is 4.90 Å². The van der Waals surface area contributed by atoms with Gasteiger partial charge >= 0.3 is 0 Å². The first kappa shape index (κ1) is 20.2. The summed E-state index contributed by atoms with van der Waals surface area (Å²) in [6.07, 6.45) is 8.33. The Kier molecular flexibility index (Phi) is 9.56. The average molecular weight is 346 g/mol. The number of nitrogens with zero attached hydrogens (tertiary/aromatic N) is 2. The van der Waals surface area contributed by atoms with Crippen LogP contribution in [0, 0.1) is 5.92 Å². The Morgan fingerprint density at radius 2 is 1.83 bits per heavy atom. The highest BCUT2D eigenvalue weighted by atomic mass is 35.5. The van der Waals surface area contributed by atoms with Crippen molar-refractivity contribution in [1.82, 2.24) is 15.1 Å². The van der Waals surface area contributed by atoms with E-state index in [0.717, 1.165) is 64.2 Å². The Bertz CT molecular complexity index is 371. The predicted molar refractivity (Wildman–Crippen MR) is 94.8 cm³/mol. The van der Waals surface area contributed by atoms with Crippen LogP contribution < -0.4 is 5.32 Å². The molecule has 0 aromatic carbocycles. The molecule has 2 fully saturated rings. The molecule has 2 heterocycles. The molecule has 134 valence electrons. The molecular formula is C17H32ClN3O2. The highest BCUT2D eigenvalue weighted by Gasteiger charge is 2.25. The maximum atomic E-state index is 12.5. The summed E-state index contributed by atoms with van der Waals surface area (Å²) in [5.41, 5.74) is 0. The summed E-state index contributed by atoms with van der Waals surface area (Å²) in [6.45, 7) is 3.81. The van der Waals surface area contributed by atoms with Crippen LogP contribution in [-0.2, 0) is 9.59 Å². The van der Waals surface area contributed by atoms with Gasteiger partial charge in [0.2, 0.25) is 11.8 Å². The summed E-state index contributed by atoms with van der Waals surface area (Å²) in [5, 5.41) is 3.19. The lowest BCUT2D eigenvalue weighted by atomic mass is 9.93. The van der Waals surface area contributed by atoms with E-state index in [1.165, 1.54) is 12.8 Å². The first-order valence-electron chi connectivity index (χ1n) is 8.91. The average Bonchev–Trinajstić information content (AvgIpc) is 2.53. The number of hydrogen-bond acceptors (Lipinski definition) is 3. The Morgan fingerprint density at radius 3 is 2.52 bits per heavy atom. The fraction of sp³-hybridized carbons (Fsp3) is 0.882. The molecule has 0 saturated carbocycles. The van der Waals surface area contributed by atoms with Gasteiger partial charge in [-0.1, -0.05) is 12.8 Å². The normalized spacial score (nSPS) is 20.7. The number of carbonyl (C=O) groups excluding carboxylic acids is 2. The fourth-order valence-corrected chi connectivity index (χ4v) is 3.47. The van der Waals surface area contributed by atoms with Gasteiger partial charge in [0.1, 0.15) is 0 Å². The van der Waals surface area contributed by atoms with Crippen LogP contribution in [0.25, 0.3) is 0 Å². The summed E-state index contributed by atoms with van der Waals surface area (Å²) in [7, 11) is 1.99. The number of likely N-dealkylation sites (tertiary alicyclic amines) is 2. The van der Waals surface area contributed by atoms with Crippen molar-refractivity contribution in [3.05, 3.63) is 0 Å². The van der Waals surface area contributed by atoms with Crippen LogP contribution in [0.3, 0.4) is 0 Å². The highest BCUT2D eigenvalue weighted by Crippen LogP contribution is 2.20. The number of amides is 2. The van der Waals surface area contributed by atoms with Gasteiger partial charge < -0.3 is 15.1 Å². The van der Waals surface area contributed by atoms with Gasteiger partial charge in [-0.15, -0.1) is 12.4 Å². The van der Waals surface area contributed by atoms with E-state index in [9.17, 15) is 9.59 Å². The number of rotatable bonds is 5. The standard InChI is InChI=1S/C17H31N3O2.ClH/c1-18-10-7-15-8-12-19(13-9-15)17(22)14-20-11-5-3-2-4-6-16(20)21;/h15,18H,2-14H2,1H3;1H. The number of carbonyl (C=O) groups is 2. The number of nitrogens with one attached hydrogen (secondary N) is 1. The maximum absolute atomic E-state index is 12.5. The van der Waals surface area contributed by atoms with E-state index in [4.69, 9.17) is 0 Å². The number of hydrogen-bond donors (Lipinski definition) is 1. The number of piperidine rings is 1. The van der Waals surface area contributed by atoms with E-state index in [0.29, 0.717) is 13.0 Å². The second-order valence-corrected chi connectivity index (χ2v) is 6.70. The summed E-state index contributed by atoms with van der Waals surface area (Å²) in [4.78, 5) is 28.3. The second-order valence-electron chi connectivity index (χ2n) is 6.70. The molecule has 1 N–H and O–H groups in total. The van der Waals surface area contributed by atoms with E-state index < -0.39 is 0 Å². The summed E-state index contributed by atoms with van der Waals surface area (Å²) < 4.78 is 0. The summed E-state index contributed by atoms with van der Waals surface area (Å²) >= 11 is 0. The third-order valence-electron chi connectivity index (χ3n) is 5.02. The topological polar surface area (TPSA) is 52.7 Å². The fourth-order valence-electron chi connectivity index (χ4n) is 3.47. The molecule has 0 bridgehead atoms. The minimum Gasteiger partial charge on any atom is -0.341 e. The molecular weight excluding hydrogens is 314 g/mol. The zero-order chi connectivity index (χ0) is 15.8. The Balaban J connectivity index is 0.00000264. The van der Waals surface area contributed by atoms with Crippen molar-refractivity contribution in [2.24, 2.45) is 5.92 Å². The van der Waals surface area contributed by atoms with Gasteiger partial charge in [0, 0.05) is 26.1 Å². The third-order valence-corrected chi connectivity index (χ3v) is 5.02. The van der Waals surface area contributed by atoms with Crippen LogP contribution in [0.1, 0.15) is 51.4 Å². The summed E-state index contributed by atoms with van der Waals surface area (Å²) in [5.74, 6) is 1.04.